The van der Waals surface area contributed by atoms with Crippen LogP contribution >= 0.6 is 0 Å². The molecule has 33 heavy (non-hydrogen) atoms. The topological polar surface area (TPSA) is 117 Å². The molecule has 3 rings (SSSR count). The lowest BCUT2D eigenvalue weighted by molar-refractivity contribution is -0.124. The van der Waals surface area contributed by atoms with E-state index >= 15 is 0 Å². The summed E-state index contributed by atoms with van der Waals surface area (Å²) < 4.78 is 20.7. The summed E-state index contributed by atoms with van der Waals surface area (Å²) in [6, 6.07) is 5.06. The van der Waals surface area contributed by atoms with Gasteiger partial charge in [-0.25, -0.2) is 9.59 Å². The fourth-order valence-corrected chi connectivity index (χ4v) is 4.06. The fraction of sp³-hybridized carbons (Fsp3) is 0.565. The number of esters is 1. The van der Waals surface area contributed by atoms with E-state index in [2.05, 4.69) is 5.32 Å². The van der Waals surface area contributed by atoms with E-state index in [0.717, 1.165) is 31.2 Å². The smallest absolute Gasteiger partial charge is 0.511 e. The SMILES string of the molecule is CC(=O)CCC(=O)NC1BOc2c(cccc2C(=O)OCOC(=O)OCC2CCCCC2)C1. The fourth-order valence-electron chi connectivity index (χ4n) is 4.06. The lowest BCUT2D eigenvalue weighted by Gasteiger charge is -2.26. The van der Waals surface area contributed by atoms with Gasteiger partial charge in [0.05, 0.1) is 6.61 Å². The van der Waals surface area contributed by atoms with Crippen LogP contribution in [0.3, 0.4) is 0 Å². The Morgan fingerprint density at radius 3 is 2.61 bits per heavy atom. The summed E-state index contributed by atoms with van der Waals surface area (Å²) in [5.74, 6) is -0.451. The van der Waals surface area contributed by atoms with Crippen LogP contribution in [0, 0.1) is 5.92 Å². The van der Waals surface area contributed by atoms with Crippen LogP contribution in [0.1, 0.15) is 67.8 Å². The summed E-state index contributed by atoms with van der Waals surface area (Å²) in [6.45, 7) is 1.21. The van der Waals surface area contributed by atoms with Crippen LogP contribution in [0.5, 0.6) is 5.75 Å². The second kappa shape index (κ2) is 12.3. The van der Waals surface area contributed by atoms with Gasteiger partial charge in [0.2, 0.25) is 12.7 Å². The molecule has 1 amide bonds. The number of nitrogens with one attached hydrogen (secondary N) is 1. The number of ketones is 1. The molecule has 1 aliphatic carbocycles. The Labute approximate surface area is 193 Å². The summed E-state index contributed by atoms with van der Waals surface area (Å²) in [6.07, 6.45) is 5.56. The molecule has 1 aliphatic heterocycles. The standard InChI is InChI=1S/C23H30BNO8/c1-15(26)10-11-20(27)25-19-12-17-8-5-9-18(21(17)33-24-19)22(28)31-14-32-23(29)30-13-16-6-3-2-4-7-16/h5,8-9,16,19,24H,2-4,6-7,10-14H2,1H3,(H,25,27). The highest BCUT2D eigenvalue weighted by Crippen LogP contribution is 2.29. The Morgan fingerprint density at radius 1 is 1.06 bits per heavy atom. The molecular weight excluding hydrogens is 429 g/mol. The van der Waals surface area contributed by atoms with Crippen molar-refractivity contribution < 1.29 is 38.0 Å². The van der Waals surface area contributed by atoms with E-state index in [1.807, 2.05) is 0 Å². The number of fused-ring (bicyclic) bond motifs is 1. The maximum Gasteiger partial charge on any atom is 0.511 e. The van der Waals surface area contributed by atoms with Crippen LogP contribution in [0.25, 0.3) is 0 Å². The average Bonchev–Trinajstić information content (AvgIpc) is 2.81. The number of ether oxygens (including phenoxy) is 3. The molecule has 1 unspecified atom stereocenters. The predicted octanol–water partition coefficient (Wildman–Crippen LogP) is 2.63. The number of para-hydroxylation sites is 1. The van der Waals surface area contributed by atoms with Crippen LogP contribution < -0.4 is 9.97 Å². The van der Waals surface area contributed by atoms with Crippen LogP contribution in [-0.2, 0) is 30.2 Å². The molecule has 10 heteroatoms. The van der Waals surface area contributed by atoms with Crippen LogP contribution in [-0.4, -0.2) is 50.6 Å². The minimum absolute atomic E-state index is 0.0417. The highest BCUT2D eigenvalue weighted by molar-refractivity contribution is 6.32. The van der Waals surface area contributed by atoms with Crippen molar-refractivity contribution in [3.8, 4) is 5.75 Å². The van der Waals surface area contributed by atoms with Gasteiger partial charge in [-0.2, -0.15) is 0 Å². The monoisotopic (exact) mass is 459 g/mol. The van der Waals surface area contributed by atoms with Gasteiger partial charge in [0, 0.05) is 18.8 Å². The lowest BCUT2D eigenvalue weighted by atomic mass is 9.79. The van der Waals surface area contributed by atoms with E-state index in [0.29, 0.717) is 24.7 Å². The Morgan fingerprint density at radius 2 is 1.85 bits per heavy atom. The van der Waals surface area contributed by atoms with Crippen molar-refractivity contribution in [3.63, 3.8) is 0 Å². The third-order valence-corrected chi connectivity index (χ3v) is 5.81. The molecule has 1 heterocycles. The van der Waals surface area contributed by atoms with Crippen LogP contribution in [0.4, 0.5) is 4.79 Å². The second-order valence-corrected chi connectivity index (χ2v) is 8.53. The van der Waals surface area contributed by atoms with E-state index in [1.165, 1.54) is 13.3 Å². The Kier molecular flexibility index (Phi) is 9.15. The Hall–Kier alpha value is -3.04. The van der Waals surface area contributed by atoms with Gasteiger partial charge >= 0.3 is 19.6 Å². The summed E-state index contributed by atoms with van der Waals surface area (Å²) in [5, 5.41) is 2.84. The first-order valence-corrected chi connectivity index (χ1v) is 11.4. The van der Waals surface area contributed by atoms with Crippen molar-refractivity contribution in [2.75, 3.05) is 13.4 Å². The number of amides is 1. The molecule has 1 fully saturated rings. The number of carbonyl (C=O) groups excluding carboxylic acids is 4. The molecule has 9 nitrogen and oxygen atoms in total. The summed E-state index contributed by atoms with van der Waals surface area (Å²) in [7, 11) is 0.188. The van der Waals surface area contributed by atoms with Crippen molar-refractivity contribution in [2.45, 2.75) is 64.2 Å². The minimum atomic E-state index is -0.858. The first kappa shape index (κ1) is 24.6. The van der Waals surface area contributed by atoms with Gasteiger partial charge in [-0.15, -0.1) is 0 Å². The van der Waals surface area contributed by atoms with Crippen LogP contribution in [0.15, 0.2) is 18.2 Å². The molecule has 0 aromatic heterocycles. The third-order valence-electron chi connectivity index (χ3n) is 5.81. The van der Waals surface area contributed by atoms with Gasteiger partial charge < -0.3 is 29.0 Å². The predicted molar refractivity (Wildman–Crippen MR) is 119 cm³/mol. The number of carbonyl (C=O) groups is 4. The quantitative estimate of drug-likeness (QED) is 0.340. The zero-order valence-corrected chi connectivity index (χ0v) is 18.9. The Balaban J connectivity index is 1.44. The van der Waals surface area contributed by atoms with E-state index in [1.54, 1.807) is 18.2 Å². The average molecular weight is 459 g/mol. The van der Waals surface area contributed by atoms with Crippen molar-refractivity contribution in [1.82, 2.24) is 5.32 Å². The van der Waals surface area contributed by atoms with E-state index < -0.39 is 18.9 Å². The third kappa shape index (κ3) is 7.80. The lowest BCUT2D eigenvalue weighted by Crippen LogP contribution is -2.45. The van der Waals surface area contributed by atoms with Crippen molar-refractivity contribution in [1.29, 1.82) is 0 Å². The number of rotatable bonds is 9. The maximum absolute atomic E-state index is 12.5. The van der Waals surface area contributed by atoms with E-state index in [4.69, 9.17) is 18.9 Å². The molecule has 2 aliphatic rings. The molecule has 0 spiro atoms. The van der Waals surface area contributed by atoms with E-state index in [-0.39, 0.29) is 43.5 Å². The van der Waals surface area contributed by atoms with Crippen molar-refractivity contribution in [2.24, 2.45) is 5.92 Å². The molecule has 1 aromatic rings. The number of hydrogen-bond donors (Lipinski definition) is 1. The molecule has 1 atom stereocenters. The molecule has 178 valence electrons. The largest absolute Gasteiger partial charge is 0.561 e. The molecular formula is C23H30BNO8. The van der Waals surface area contributed by atoms with Gasteiger partial charge in [0.1, 0.15) is 17.1 Å². The van der Waals surface area contributed by atoms with Gasteiger partial charge in [-0.1, -0.05) is 31.4 Å². The van der Waals surface area contributed by atoms with Gasteiger partial charge in [-0.3, -0.25) is 4.79 Å². The molecule has 0 bridgehead atoms. The number of benzene rings is 1. The molecule has 1 saturated carbocycles. The minimum Gasteiger partial charge on any atom is -0.561 e. The maximum atomic E-state index is 12.5. The molecule has 0 saturated heterocycles. The zero-order valence-electron chi connectivity index (χ0n) is 18.9. The highest BCUT2D eigenvalue weighted by atomic mass is 16.8. The van der Waals surface area contributed by atoms with Crippen molar-refractivity contribution in [3.05, 3.63) is 29.3 Å². The van der Waals surface area contributed by atoms with Gasteiger partial charge in [0.25, 0.3) is 0 Å². The Bertz CT molecular complexity index is 868. The molecule has 1 aromatic carbocycles. The van der Waals surface area contributed by atoms with Gasteiger partial charge in [-0.05, 0) is 43.7 Å². The second-order valence-electron chi connectivity index (χ2n) is 8.53. The van der Waals surface area contributed by atoms with Crippen molar-refractivity contribution >= 4 is 31.3 Å². The summed E-state index contributed by atoms with van der Waals surface area (Å²) in [4.78, 5) is 47.2. The van der Waals surface area contributed by atoms with Crippen LogP contribution in [0.2, 0.25) is 0 Å². The normalized spacial score (nSPS) is 17.5. The number of Topliss-reactive ketones (excluding diaryl/α,β-unsaturated/α-hetero) is 1. The summed E-state index contributed by atoms with van der Waals surface area (Å²) >= 11 is 0. The molecule has 1 N–H and O–H groups in total. The zero-order chi connectivity index (χ0) is 23.6. The van der Waals surface area contributed by atoms with Gasteiger partial charge in [0.15, 0.2) is 0 Å². The highest BCUT2D eigenvalue weighted by Gasteiger charge is 2.27. The molecule has 0 radical (unpaired) electrons. The first-order valence-electron chi connectivity index (χ1n) is 11.4. The first-order chi connectivity index (χ1) is 15.9. The summed E-state index contributed by atoms with van der Waals surface area (Å²) in [5.41, 5.74) is 0.966. The number of hydrogen-bond acceptors (Lipinski definition) is 8. The van der Waals surface area contributed by atoms with E-state index in [9.17, 15) is 19.2 Å².